The molecule has 1 saturated carbocycles. The number of nitrogens with zero attached hydrogens (tertiary/aromatic N) is 2. The van der Waals surface area contributed by atoms with E-state index in [9.17, 15) is 14.9 Å². The van der Waals surface area contributed by atoms with Crippen molar-refractivity contribution >= 4 is 11.7 Å². The van der Waals surface area contributed by atoms with Gasteiger partial charge in [0.05, 0.1) is 10.8 Å². The van der Waals surface area contributed by atoms with Crippen LogP contribution in [-0.4, -0.2) is 34.9 Å². The van der Waals surface area contributed by atoms with Crippen molar-refractivity contribution < 1.29 is 14.5 Å². The van der Waals surface area contributed by atoms with Crippen LogP contribution in [0.5, 0.6) is 0 Å². The predicted octanol–water partition coefficient (Wildman–Crippen LogP) is 4.30. The van der Waals surface area contributed by atoms with Gasteiger partial charge in [-0.25, -0.2) is 0 Å². The number of nitro groups is 1. The summed E-state index contributed by atoms with van der Waals surface area (Å²) < 4.78 is 5.46. The SMILES string of the molecule is O=C(OCc1ccccc1)[C@H]1C[C@H](N2CCC(c3ccc([N+](=O)[O-])cc3)CC2)C1. The zero-order chi connectivity index (χ0) is 20.2. The molecule has 0 unspecified atom stereocenters. The third-order valence-corrected chi connectivity index (χ3v) is 6.29. The Bertz CT molecular complexity index is 839. The molecular formula is C23H26N2O4. The first-order chi connectivity index (χ1) is 14.1. The van der Waals surface area contributed by atoms with E-state index in [0.29, 0.717) is 18.6 Å². The normalized spacial score (nSPS) is 22.6. The Morgan fingerprint density at radius 1 is 1.03 bits per heavy atom. The topological polar surface area (TPSA) is 72.7 Å². The maximum absolute atomic E-state index is 12.3. The molecule has 0 aromatic heterocycles. The first-order valence-electron chi connectivity index (χ1n) is 10.3. The number of carbonyl (C=O) groups is 1. The van der Waals surface area contributed by atoms with Crippen LogP contribution in [0.1, 0.15) is 42.7 Å². The molecule has 2 aromatic carbocycles. The predicted molar refractivity (Wildman–Crippen MR) is 109 cm³/mol. The van der Waals surface area contributed by atoms with Gasteiger partial charge in [0.2, 0.25) is 0 Å². The van der Waals surface area contributed by atoms with Crippen LogP contribution in [0, 0.1) is 16.0 Å². The average molecular weight is 394 g/mol. The number of piperidine rings is 1. The molecule has 2 aliphatic rings. The number of benzene rings is 2. The van der Waals surface area contributed by atoms with Gasteiger partial charge in [-0.1, -0.05) is 42.5 Å². The van der Waals surface area contributed by atoms with Gasteiger partial charge >= 0.3 is 5.97 Å². The highest BCUT2D eigenvalue weighted by Crippen LogP contribution is 2.37. The molecule has 0 radical (unpaired) electrons. The van der Waals surface area contributed by atoms with Gasteiger partial charge < -0.3 is 9.64 Å². The van der Waals surface area contributed by atoms with Crippen LogP contribution in [0.2, 0.25) is 0 Å². The molecule has 1 aliphatic carbocycles. The van der Waals surface area contributed by atoms with Gasteiger partial charge in [0.25, 0.3) is 5.69 Å². The molecule has 0 spiro atoms. The van der Waals surface area contributed by atoms with Crippen molar-refractivity contribution in [2.24, 2.45) is 5.92 Å². The number of hydrogen-bond acceptors (Lipinski definition) is 5. The van der Waals surface area contributed by atoms with Crippen molar-refractivity contribution in [2.45, 2.75) is 44.2 Å². The molecule has 1 aliphatic heterocycles. The molecule has 152 valence electrons. The zero-order valence-electron chi connectivity index (χ0n) is 16.4. The van der Waals surface area contributed by atoms with E-state index in [2.05, 4.69) is 4.90 Å². The molecule has 2 aromatic rings. The van der Waals surface area contributed by atoms with Crippen molar-refractivity contribution in [2.75, 3.05) is 13.1 Å². The lowest BCUT2D eigenvalue weighted by Crippen LogP contribution is -2.50. The van der Waals surface area contributed by atoms with E-state index in [4.69, 9.17) is 4.74 Å². The van der Waals surface area contributed by atoms with E-state index < -0.39 is 0 Å². The summed E-state index contributed by atoms with van der Waals surface area (Å²) in [5, 5.41) is 10.8. The third-order valence-electron chi connectivity index (χ3n) is 6.29. The number of carbonyl (C=O) groups excluding carboxylic acids is 1. The van der Waals surface area contributed by atoms with E-state index in [0.717, 1.165) is 44.3 Å². The molecule has 2 fully saturated rings. The zero-order valence-corrected chi connectivity index (χ0v) is 16.4. The fourth-order valence-electron chi connectivity index (χ4n) is 4.39. The molecule has 6 heteroatoms. The highest BCUT2D eigenvalue weighted by Gasteiger charge is 2.40. The smallest absolute Gasteiger partial charge is 0.309 e. The number of likely N-dealkylation sites (tertiary alicyclic amines) is 1. The molecule has 6 nitrogen and oxygen atoms in total. The first kappa shape index (κ1) is 19.6. The summed E-state index contributed by atoms with van der Waals surface area (Å²) in [6, 6.07) is 17.2. The summed E-state index contributed by atoms with van der Waals surface area (Å²) in [5.74, 6) is 0.403. The van der Waals surface area contributed by atoms with Crippen LogP contribution in [0.15, 0.2) is 54.6 Å². The van der Waals surface area contributed by atoms with Crippen LogP contribution in [0.25, 0.3) is 0 Å². The number of ether oxygens (including phenoxy) is 1. The summed E-state index contributed by atoms with van der Waals surface area (Å²) in [7, 11) is 0. The molecule has 4 rings (SSSR count). The fourth-order valence-corrected chi connectivity index (χ4v) is 4.39. The van der Waals surface area contributed by atoms with Gasteiger partial charge in [-0.15, -0.1) is 0 Å². The second-order valence-corrected chi connectivity index (χ2v) is 8.07. The molecule has 1 saturated heterocycles. The van der Waals surface area contributed by atoms with Gasteiger partial charge in [0.15, 0.2) is 0 Å². The summed E-state index contributed by atoms with van der Waals surface area (Å²) in [4.78, 5) is 25.2. The summed E-state index contributed by atoms with van der Waals surface area (Å²) in [5.41, 5.74) is 2.35. The standard InChI is InChI=1S/C23H26N2O4/c26-23(29-16-17-4-2-1-3-5-17)20-14-22(15-20)24-12-10-19(11-13-24)18-6-8-21(9-7-18)25(27)28/h1-9,19-20,22H,10-16H2/t20-,22-. The van der Waals surface area contributed by atoms with Crippen molar-refractivity contribution in [3.63, 3.8) is 0 Å². The monoisotopic (exact) mass is 394 g/mol. The van der Waals surface area contributed by atoms with Crippen molar-refractivity contribution in [3.05, 3.63) is 75.8 Å². The Morgan fingerprint density at radius 3 is 2.31 bits per heavy atom. The van der Waals surface area contributed by atoms with E-state index in [1.807, 2.05) is 42.5 Å². The minimum absolute atomic E-state index is 0.0242. The Balaban J connectivity index is 1.19. The lowest BCUT2D eigenvalue weighted by atomic mass is 9.78. The van der Waals surface area contributed by atoms with Crippen LogP contribution in [-0.2, 0) is 16.1 Å². The van der Waals surface area contributed by atoms with Crippen molar-refractivity contribution in [3.8, 4) is 0 Å². The minimum atomic E-state index is -0.357. The lowest BCUT2D eigenvalue weighted by molar-refractivity contribution is -0.384. The summed E-state index contributed by atoms with van der Waals surface area (Å²) in [6.45, 7) is 2.37. The minimum Gasteiger partial charge on any atom is -0.461 e. The molecule has 0 atom stereocenters. The van der Waals surface area contributed by atoms with Crippen LogP contribution >= 0.6 is 0 Å². The van der Waals surface area contributed by atoms with Crippen LogP contribution in [0.3, 0.4) is 0 Å². The van der Waals surface area contributed by atoms with Gasteiger partial charge in [0.1, 0.15) is 6.61 Å². The van der Waals surface area contributed by atoms with Crippen LogP contribution < -0.4 is 0 Å². The average Bonchev–Trinajstić information content (AvgIpc) is 2.72. The van der Waals surface area contributed by atoms with Crippen molar-refractivity contribution in [1.82, 2.24) is 4.90 Å². The van der Waals surface area contributed by atoms with Crippen LogP contribution in [0.4, 0.5) is 5.69 Å². The van der Waals surface area contributed by atoms with E-state index in [1.54, 1.807) is 12.1 Å². The van der Waals surface area contributed by atoms with E-state index >= 15 is 0 Å². The van der Waals surface area contributed by atoms with Gasteiger partial charge in [0, 0.05) is 18.2 Å². The largest absolute Gasteiger partial charge is 0.461 e. The maximum Gasteiger partial charge on any atom is 0.309 e. The molecule has 0 N–H and O–H groups in total. The second kappa shape index (κ2) is 8.74. The highest BCUT2D eigenvalue weighted by molar-refractivity contribution is 5.73. The molecule has 1 heterocycles. The Hall–Kier alpha value is -2.73. The quantitative estimate of drug-likeness (QED) is 0.415. The van der Waals surface area contributed by atoms with E-state index in [-0.39, 0.29) is 22.5 Å². The molecule has 0 amide bonds. The molecular weight excluding hydrogens is 368 g/mol. The number of esters is 1. The van der Waals surface area contributed by atoms with E-state index in [1.165, 1.54) is 5.56 Å². The number of non-ortho nitro benzene ring substituents is 1. The second-order valence-electron chi connectivity index (χ2n) is 8.07. The lowest BCUT2D eigenvalue weighted by Gasteiger charge is -2.44. The van der Waals surface area contributed by atoms with Gasteiger partial charge in [-0.2, -0.15) is 0 Å². The number of rotatable bonds is 6. The number of hydrogen-bond donors (Lipinski definition) is 0. The summed E-state index contributed by atoms with van der Waals surface area (Å²) >= 11 is 0. The third kappa shape index (κ3) is 4.65. The Labute approximate surface area is 170 Å². The molecule has 0 bridgehead atoms. The molecule has 29 heavy (non-hydrogen) atoms. The Kier molecular flexibility index (Phi) is 5.90. The Morgan fingerprint density at radius 2 is 1.69 bits per heavy atom. The number of nitro benzene ring substituents is 1. The van der Waals surface area contributed by atoms with Crippen molar-refractivity contribution in [1.29, 1.82) is 0 Å². The highest BCUT2D eigenvalue weighted by atomic mass is 16.6. The van der Waals surface area contributed by atoms with Gasteiger partial charge in [-0.05, 0) is 55.8 Å². The fraction of sp³-hybridized carbons (Fsp3) is 0.435. The maximum atomic E-state index is 12.3. The summed E-state index contributed by atoms with van der Waals surface area (Å²) in [6.07, 6.45) is 3.88. The van der Waals surface area contributed by atoms with Gasteiger partial charge in [-0.3, -0.25) is 14.9 Å². The first-order valence-corrected chi connectivity index (χ1v) is 10.3.